The summed E-state index contributed by atoms with van der Waals surface area (Å²) in [5.74, 6) is -1.62. The first-order valence-electron chi connectivity index (χ1n) is 4.31. The van der Waals surface area contributed by atoms with Crippen LogP contribution in [0, 0.1) is 11.6 Å². The number of halogens is 2. The lowest BCUT2D eigenvalue weighted by Gasteiger charge is -2.20. The number of hydrogen-bond acceptors (Lipinski definition) is 1. The third kappa shape index (κ3) is 1.56. The van der Waals surface area contributed by atoms with Crippen LogP contribution in [-0.2, 0) is 12.8 Å². The van der Waals surface area contributed by atoms with Gasteiger partial charge in [0.15, 0.2) is 11.6 Å². The number of aliphatic hydroxyl groups excluding tert-OH is 1. The van der Waals surface area contributed by atoms with Crippen LogP contribution in [0.3, 0.4) is 0 Å². The number of fused-ring (bicyclic) bond motifs is 1. The Labute approximate surface area is 75.0 Å². The average Bonchev–Trinajstić information content (AvgIpc) is 2.08. The first kappa shape index (κ1) is 8.63. The van der Waals surface area contributed by atoms with E-state index in [1.165, 1.54) is 12.1 Å². The number of rotatable bonds is 0. The van der Waals surface area contributed by atoms with Crippen molar-refractivity contribution in [2.45, 2.75) is 25.4 Å². The Morgan fingerprint density at radius 1 is 1.15 bits per heavy atom. The molecular weight excluding hydrogens is 174 g/mol. The molecule has 3 heteroatoms. The number of benzene rings is 1. The van der Waals surface area contributed by atoms with Gasteiger partial charge in [0.2, 0.25) is 0 Å². The minimum atomic E-state index is -0.826. The van der Waals surface area contributed by atoms with E-state index >= 15 is 0 Å². The number of aliphatic hydroxyl groups is 1. The summed E-state index contributed by atoms with van der Waals surface area (Å²) in [7, 11) is 0. The SMILES string of the molecule is O[C@@H]1CCc2cc(F)c(F)cc2C1. The summed E-state index contributed by atoms with van der Waals surface area (Å²) in [6, 6.07) is 2.42. The normalized spacial score (nSPS) is 21.3. The molecule has 0 heterocycles. The van der Waals surface area contributed by atoms with Crippen molar-refractivity contribution in [3.05, 3.63) is 34.9 Å². The summed E-state index contributed by atoms with van der Waals surface area (Å²) in [6.07, 6.45) is 1.30. The highest BCUT2D eigenvalue weighted by atomic mass is 19.2. The zero-order valence-electron chi connectivity index (χ0n) is 7.06. The molecule has 0 saturated heterocycles. The molecule has 13 heavy (non-hydrogen) atoms. The van der Waals surface area contributed by atoms with Gasteiger partial charge in [-0.05, 0) is 42.5 Å². The molecule has 2 rings (SSSR count). The third-order valence-electron chi connectivity index (χ3n) is 2.44. The van der Waals surface area contributed by atoms with Gasteiger partial charge in [0, 0.05) is 0 Å². The lowest BCUT2D eigenvalue weighted by molar-refractivity contribution is 0.158. The van der Waals surface area contributed by atoms with Crippen LogP contribution in [0.15, 0.2) is 12.1 Å². The summed E-state index contributed by atoms with van der Waals surface area (Å²) < 4.78 is 25.5. The molecule has 1 aliphatic carbocycles. The van der Waals surface area contributed by atoms with Crippen LogP contribution >= 0.6 is 0 Å². The highest BCUT2D eigenvalue weighted by Crippen LogP contribution is 2.23. The molecule has 0 unspecified atom stereocenters. The Kier molecular flexibility index (Phi) is 2.04. The quantitative estimate of drug-likeness (QED) is 0.652. The largest absolute Gasteiger partial charge is 0.393 e. The fourth-order valence-electron chi connectivity index (χ4n) is 1.73. The van der Waals surface area contributed by atoms with Crippen molar-refractivity contribution in [2.24, 2.45) is 0 Å². The van der Waals surface area contributed by atoms with Crippen LogP contribution in [0.25, 0.3) is 0 Å². The maximum atomic E-state index is 12.8. The van der Waals surface area contributed by atoms with E-state index in [1.807, 2.05) is 0 Å². The molecule has 70 valence electrons. The summed E-state index contributed by atoms with van der Waals surface area (Å²) in [6.45, 7) is 0. The molecular formula is C10H10F2O. The van der Waals surface area contributed by atoms with E-state index in [0.717, 1.165) is 11.1 Å². The lowest BCUT2D eigenvalue weighted by atomic mass is 9.90. The first-order chi connectivity index (χ1) is 6.16. The molecule has 0 radical (unpaired) electrons. The molecule has 1 N–H and O–H groups in total. The minimum absolute atomic E-state index is 0.405. The van der Waals surface area contributed by atoms with Gasteiger partial charge in [-0.1, -0.05) is 0 Å². The minimum Gasteiger partial charge on any atom is -0.393 e. The van der Waals surface area contributed by atoms with Crippen molar-refractivity contribution in [3.8, 4) is 0 Å². The van der Waals surface area contributed by atoms with Gasteiger partial charge in [-0.25, -0.2) is 8.78 Å². The Morgan fingerprint density at radius 3 is 2.46 bits per heavy atom. The van der Waals surface area contributed by atoms with Crippen molar-refractivity contribution in [1.82, 2.24) is 0 Å². The van der Waals surface area contributed by atoms with Crippen LogP contribution < -0.4 is 0 Å². The molecule has 0 aromatic heterocycles. The summed E-state index contributed by atoms with van der Waals surface area (Å²) in [4.78, 5) is 0. The second-order valence-corrected chi connectivity index (χ2v) is 3.43. The van der Waals surface area contributed by atoms with E-state index in [1.54, 1.807) is 0 Å². The van der Waals surface area contributed by atoms with Gasteiger partial charge in [0.25, 0.3) is 0 Å². The van der Waals surface area contributed by atoms with Gasteiger partial charge >= 0.3 is 0 Å². The average molecular weight is 184 g/mol. The monoisotopic (exact) mass is 184 g/mol. The Hall–Kier alpha value is -0.960. The molecule has 1 aromatic carbocycles. The first-order valence-corrected chi connectivity index (χ1v) is 4.31. The Bertz CT molecular complexity index is 336. The van der Waals surface area contributed by atoms with Crippen molar-refractivity contribution >= 4 is 0 Å². The molecule has 1 aliphatic rings. The predicted molar refractivity (Wildman–Crippen MR) is 44.4 cm³/mol. The Balaban J connectivity index is 2.43. The van der Waals surface area contributed by atoms with Crippen LogP contribution in [0.2, 0.25) is 0 Å². The molecule has 0 fully saturated rings. The lowest BCUT2D eigenvalue weighted by Crippen LogP contribution is -2.19. The van der Waals surface area contributed by atoms with E-state index in [4.69, 9.17) is 0 Å². The molecule has 1 aromatic rings. The summed E-state index contributed by atoms with van der Waals surface area (Å²) in [5, 5.41) is 9.30. The van der Waals surface area contributed by atoms with Gasteiger partial charge < -0.3 is 5.11 Å². The third-order valence-corrected chi connectivity index (χ3v) is 2.44. The highest BCUT2D eigenvalue weighted by Gasteiger charge is 2.18. The summed E-state index contributed by atoms with van der Waals surface area (Å²) >= 11 is 0. The molecule has 1 atom stereocenters. The summed E-state index contributed by atoms with van der Waals surface area (Å²) in [5.41, 5.74) is 1.56. The second-order valence-electron chi connectivity index (χ2n) is 3.43. The van der Waals surface area contributed by atoms with Crippen molar-refractivity contribution in [3.63, 3.8) is 0 Å². The molecule has 0 saturated carbocycles. The smallest absolute Gasteiger partial charge is 0.159 e. The van der Waals surface area contributed by atoms with Crippen molar-refractivity contribution < 1.29 is 13.9 Å². The standard InChI is InChI=1S/C10H10F2O/c11-9-4-6-1-2-8(13)3-7(6)5-10(9)12/h4-5,8,13H,1-3H2/t8-/m1/s1. The van der Waals surface area contributed by atoms with E-state index < -0.39 is 17.7 Å². The van der Waals surface area contributed by atoms with Gasteiger partial charge in [-0.15, -0.1) is 0 Å². The fourth-order valence-corrected chi connectivity index (χ4v) is 1.73. The maximum Gasteiger partial charge on any atom is 0.159 e. The van der Waals surface area contributed by atoms with Gasteiger partial charge in [0.05, 0.1) is 6.10 Å². The van der Waals surface area contributed by atoms with E-state index in [9.17, 15) is 13.9 Å². The zero-order chi connectivity index (χ0) is 9.42. The van der Waals surface area contributed by atoms with E-state index in [-0.39, 0.29) is 0 Å². The molecule has 0 aliphatic heterocycles. The maximum absolute atomic E-state index is 12.8. The second kappa shape index (κ2) is 3.07. The fraction of sp³-hybridized carbons (Fsp3) is 0.400. The highest BCUT2D eigenvalue weighted by molar-refractivity contribution is 5.31. The van der Waals surface area contributed by atoms with Crippen molar-refractivity contribution in [2.75, 3.05) is 0 Å². The van der Waals surface area contributed by atoms with E-state index in [0.29, 0.717) is 19.3 Å². The van der Waals surface area contributed by atoms with Crippen LogP contribution in [0.4, 0.5) is 8.78 Å². The van der Waals surface area contributed by atoms with Crippen LogP contribution in [0.1, 0.15) is 17.5 Å². The number of aryl methyl sites for hydroxylation is 1. The molecule has 0 spiro atoms. The van der Waals surface area contributed by atoms with Crippen molar-refractivity contribution in [1.29, 1.82) is 0 Å². The molecule has 1 nitrogen and oxygen atoms in total. The van der Waals surface area contributed by atoms with E-state index in [2.05, 4.69) is 0 Å². The van der Waals surface area contributed by atoms with Crippen LogP contribution in [-0.4, -0.2) is 11.2 Å². The topological polar surface area (TPSA) is 20.2 Å². The van der Waals surface area contributed by atoms with Gasteiger partial charge in [-0.2, -0.15) is 0 Å². The molecule has 0 amide bonds. The van der Waals surface area contributed by atoms with Crippen LogP contribution in [0.5, 0.6) is 0 Å². The Morgan fingerprint density at radius 2 is 1.77 bits per heavy atom. The molecule has 0 bridgehead atoms. The predicted octanol–water partition coefficient (Wildman–Crippen LogP) is 1.81. The van der Waals surface area contributed by atoms with Gasteiger partial charge in [-0.3, -0.25) is 0 Å². The van der Waals surface area contributed by atoms with Gasteiger partial charge in [0.1, 0.15) is 0 Å². The zero-order valence-corrected chi connectivity index (χ0v) is 7.06. The number of hydrogen-bond donors (Lipinski definition) is 1.